The number of fused-ring (bicyclic) bond motifs is 2. The standard InChI is InChI=1S/C23H19BrClF3N4O/c24-16-7-5-14(6-8-16)17-11-18(23(26,27)28)32-21(29-17)19(25)20(30-32)22(33)31-10-9-13-3-1-2-4-15(13)12-31/h1-8,17-18,29H,9-12H2/t17-,18-/m1/s1. The maximum absolute atomic E-state index is 14.0. The minimum Gasteiger partial charge on any atom is -0.362 e. The molecule has 0 aliphatic carbocycles. The van der Waals surface area contributed by atoms with Crippen molar-refractivity contribution in [2.75, 3.05) is 11.9 Å². The number of hydrogen-bond acceptors (Lipinski definition) is 3. The Balaban J connectivity index is 1.49. The average Bonchev–Trinajstić information content (AvgIpc) is 3.14. The lowest BCUT2D eigenvalue weighted by atomic mass is 9.97. The summed E-state index contributed by atoms with van der Waals surface area (Å²) in [5, 5.41) is 7.07. The number of nitrogens with one attached hydrogen (secondary N) is 1. The van der Waals surface area contributed by atoms with E-state index in [1.54, 1.807) is 29.2 Å². The van der Waals surface area contributed by atoms with Crippen molar-refractivity contribution in [2.24, 2.45) is 0 Å². The summed E-state index contributed by atoms with van der Waals surface area (Å²) in [5.41, 5.74) is 2.70. The highest BCUT2D eigenvalue weighted by Gasteiger charge is 2.48. The molecule has 0 fully saturated rings. The summed E-state index contributed by atoms with van der Waals surface area (Å²) in [4.78, 5) is 14.8. The Kier molecular flexibility index (Phi) is 5.64. The Morgan fingerprint density at radius 1 is 1.12 bits per heavy atom. The molecule has 0 saturated carbocycles. The van der Waals surface area contributed by atoms with Crippen molar-refractivity contribution < 1.29 is 18.0 Å². The van der Waals surface area contributed by atoms with Gasteiger partial charge in [0.05, 0.1) is 6.04 Å². The van der Waals surface area contributed by atoms with Crippen LogP contribution in [0.25, 0.3) is 0 Å². The van der Waals surface area contributed by atoms with Crippen LogP contribution in [0, 0.1) is 0 Å². The minimum absolute atomic E-state index is 0.0129. The van der Waals surface area contributed by atoms with Gasteiger partial charge >= 0.3 is 6.18 Å². The van der Waals surface area contributed by atoms with Gasteiger partial charge in [-0.2, -0.15) is 18.3 Å². The molecule has 1 aromatic heterocycles. The van der Waals surface area contributed by atoms with E-state index in [0.29, 0.717) is 25.1 Å². The Hall–Kier alpha value is -2.52. The Morgan fingerprint density at radius 3 is 2.52 bits per heavy atom. The van der Waals surface area contributed by atoms with Crippen LogP contribution in [0.2, 0.25) is 5.02 Å². The lowest BCUT2D eigenvalue weighted by Crippen LogP contribution is -2.37. The number of carbonyl (C=O) groups excluding carboxylic acids is 1. The molecule has 172 valence electrons. The Labute approximate surface area is 201 Å². The molecule has 0 bridgehead atoms. The van der Waals surface area contributed by atoms with Crippen LogP contribution in [0.5, 0.6) is 0 Å². The van der Waals surface area contributed by atoms with Gasteiger partial charge in [0.25, 0.3) is 5.91 Å². The van der Waals surface area contributed by atoms with Crippen molar-refractivity contribution in [2.45, 2.75) is 37.6 Å². The van der Waals surface area contributed by atoms with Crippen LogP contribution >= 0.6 is 27.5 Å². The number of anilines is 1. The fourth-order valence-corrected chi connectivity index (χ4v) is 4.98. The summed E-state index contributed by atoms with van der Waals surface area (Å²) in [5.74, 6) is -0.460. The van der Waals surface area contributed by atoms with Gasteiger partial charge < -0.3 is 10.2 Å². The monoisotopic (exact) mass is 538 g/mol. The van der Waals surface area contributed by atoms with Crippen LogP contribution in [0.1, 0.15) is 45.7 Å². The number of halogens is 5. The number of nitrogens with zero attached hydrogens (tertiary/aromatic N) is 3. The SMILES string of the molecule is O=C(c1nn2c(c1Cl)N[C@@H](c1ccc(Br)cc1)C[C@@H]2C(F)(F)F)N1CCc2ccccc2C1. The lowest BCUT2D eigenvalue weighted by molar-refractivity contribution is -0.173. The molecule has 2 aromatic carbocycles. The quantitative estimate of drug-likeness (QED) is 0.425. The highest BCUT2D eigenvalue weighted by Crippen LogP contribution is 2.46. The number of benzene rings is 2. The molecule has 0 saturated heterocycles. The molecular weight excluding hydrogens is 521 g/mol. The average molecular weight is 540 g/mol. The van der Waals surface area contributed by atoms with E-state index in [1.165, 1.54) is 0 Å². The molecule has 33 heavy (non-hydrogen) atoms. The zero-order chi connectivity index (χ0) is 23.3. The second kappa shape index (κ2) is 8.36. The minimum atomic E-state index is -4.55. The van der Waals surface area contributed by atoms with Gasteiger partial charge in [-0.05, 0) is 35.2 Å². The zero-order valence-corrected chi connectivity index (χ0v) is 19.6. The largest absolute Gasteiger partial charge is 0.410 e. The fraction of sp³-hybridized carbons (Fsp3) is 0.304. The van der Waals surface area contributed by atoms with Gasteiger partial charge in [0, 0.05) is 24.0 Å². The topological polar surface area (TPSA) is 50.2 Å². The zero-order valence-electron chi connectivity index (χ0n) is 17.2. The molecular formula is C23H19BrClF3N4O. The van der Waals surface area contributed by atoms with Gasteiger partial charge in [0.1, 0.15) is 10.8 Å². The first-order valence-electron chi connectivity index (χ1n) is 10.4. The highest BCUT2D eigenvalue weighted by molar-refractivity contribution is 9.10. The maximum atomic E-state index is 14.0. The number of amides is 1. The fourth-order valence-electron chi connectivity index (χ4n) is 4.46. The third-order valence-electron chi connectivity index (χ3n) is 6.19. The molecule has 1 N–H and O–H groups in total. The van der Waals surface area contributed by atoms with Crippen molar-refractivity contribution >= 4 is 39.3 Å². The molecule has 3 heterocycles. The van der Waals surface area contributed by atoms with E-state index in [9.17, 15) is 18.0 Å². The summed E-state index contributed by atoms with van der Waals surface area (Å²) >= 11 is 9.82. The van der Waals surface area contributed by atoms with Gasteiger partial charge in [-0.15, -0.1) is 0 Å². The Morgan fingerprint density at radius 2 is 1.82 bits per heavy atom. The molecule has 0 radical (unpaired) electrons. The van der Waals surface area contributed by atoms with Crippen LogP contribution < -0.4 is 5.32 Å². The van der Waals surface area contributed by atoms with Crippen LogP contribution in [0.15, 0.2) is 53.0 Å². The molecule has 2 aliphatic heterocycles. The van der Waals surface area contributed by atoms with Gasteiger partial charge in [-0.25, -0.2) is 4.68 Å². The van der Waals surface area contributed by atoms with Crippen molar-refractivity contribution in [1.82, 2.24) is 14.7 Å². The van der Waals surface area contributed by atoms with E-state index in [2.05, 4.69) is 26.3 Å². The molecule has 2 aliphatic rings. The van der Waals surface area contributed by atoms with Crippen LogP contribution in [-0.4, -0.2) is 33.3 Å². The van der Waals surface area contributed by atoms with E-state index in [4.69, 9.17) is 11.6 Å². The molecule has 0 unspecified atom stereocenters. The predicted molar refractivity (Wildman–Crippen MR) is 122 cm³/mol. The normalized spacial score (nSPS) is 20.1. The van der Waals surface area contributed by atoms with Crippen LogP contribution in [0.3, 0.4) is 0 Å². The predicted octanol–water partition coefficient (Wildman–Crippen LogP) is 6.16. The summed E-state index contributed by atoms with van der Waals surface area (Å²) in [6, 6.07) is 12.3. The Bertz CT molecular complexity index is 1210. The summed E-state index contributed by atoms with van der Waals surface area (Å²) in [6.07, 6.45) is -4.15. The second-order valence-corrected chi connectivity index (χ2v) is 9.54. The van der Waals surface area contributed by atoms with Gasteiger partial charge in [-0.3, -0.25) is 4.79 Å². The van der Waals surface area contributed by atoms with E-state index in [-0.39, 0.29) is 23.0 Å². The molecule has 0 spiro atoms. The van der Waals surface area contributed by atoms with Crippen LogP contribution in [-0.2, 0) is 13.0 Å². The summed E-state index contributed by atoms with van der Waals surface area (Å²) < 4.78 is 43.7. The van der Waals surface area contributed by atoms with Crippen molar-refractivity contribution in [1.29, 1.82) is 0 Å². The van der Waals surface area contributed by atoms with E-state index < -0.39 is 24.2 Å². The van der Waals surface area contributed by atoms with Gasteiger partial charge in [0.2, 0.25) is 0 Å². The molecule has 1 amide bonds. The smallest absolute Gasteiger partial charge is 0.362 e. The number of carbonyl (C=O) groups is 1. The maximum Gasteiger partial charge on any atom is 0.410 e. The summed E-state index contributed by atoms with van der Waals surface area (Å²) in [6.45, 7) is 0.817. The highest BCUT2D eigenvalue weighted by atomic mass is 79.9. The second-order valence-electron chi connectivity index (χ2n) is 8.24. The first kappa shape index (κ1) is 22.3. The molecule has 5 rings (SSSR count). The third-order valence-corrected chi connectivity index (χ3v) is 7.08. The lowest BCUT2D eigenvalue weighted by Gasteiger charge is -2.33. The summed E-state index contributed by atoms with van der Waals surface area (Å²) in [7, 11) is 0. The van der Waals surface area contributed by atoms with Crippen molar-refractivity contribution in [3.63, 3.8) is 0 Å². The number of aromatic nitrogens is 2. The van der Waals surface area contributed by atoms with Crippen LogP contribution in [0.4, 0.5) is 19.0 Å². The first-order valence-corrected chi connectivity index (χ1v) is 11.6. The molecule has 10 heteroatoms. The number of hydrogen-bond donors (Lipinski definition) is 1. The van der Waals surface area contributed by atoms with Crippen molar-refractivity contribution in [3.8, 4) is 0 Å². The number of alkyl halides is 3. The van der Waals surface area contributed by atoms with Gasteiger partial charge in [-0.1, -0.05) is 63.9 Å². The molecule has 5 nitrogen and oxygen atoms in total. The van der Waals surface area contributed by atoms with E-state index in [0.717, 1.165) is 20.3 Å². The van der Waals surface area contributed by atoms with E-state index >= 15 is 0 Å². The third kappa shape index (κ3) is 4.12. The van der Waals surface area contributed by atoms with E-state index in [1.807, 2.05) is 24.3 Å². The van der Waals surface area contributed by atoms with Gasteiger partial charge in [0.15, 0.2) is 11.7 Å². The van der Waals surface area contributed by atoms with Crippen molar-refractivity contribution in [3.05, 3.63) is 80.4 Å². The molecule has 3 aromatic rings. The number of rotatable bonds is 2. The molecule has 2 atom stereocenters. The first-order chi connectivity index (χ1) is 15.7.